The van der Waals surface area contributed by atoms with Crippen LogP contribution in [-0.4, -0.2) is 57.3 Å². The Bertz CT molecular complexity index is 672. The average Bonchev–Trinajstić information content (AvgIpc) is 3.21. The number of nitrogens with one attached hydrogen (secondary N) is 1. The summed E-state index contributed by atoms with van der Waals surface area (Å²) in [4.78, 5) is 28.8. The van der Waals surface area contributed by atoms with Gasteiger partial charge in [0.1, 0.15) is 5.82 Å². The average molecular weight is 311 g/mol. The third-order valence-electron chi connectivity index (χ3n) is 5.01. The fourth-order valence-electron chi connectivity index (χ4n) is 3.49. The summed E-state index contributed by atoms with van der Waals surface area (Å²) in [7, 11) is 2.09. The lowest BCUT2D eigenvalue weighted by molar-refractivity contribution is -0.135. The van der Waals surface area contributed by atoms with E-state index in [1.54, 1.807) is 12.4 Å². The maximum atomic E-state index is 12.8. The fraction of sp³-hybridized carbons (Fsp3) is 0.471. The number of pyridine rings is 1. The van der Waals surface area contributed by atoms with Crippen LogP contribution < -0.4 is 0 Å². The van der Waals surface area contributed by atoms with Crippen molar-refractivity contribution in [3.05, 3.63) is 48.3 Å². The fourth-order valence-corrected chi connectivity index (χ4v) is 3.49. The van der Waals surface area contributed by atoms with Gasteiger partial charge in [-0.1, -0.05) is 6.07 Å². The molecule has 0 spiro atoms. The van der Waals surface area contributed by atoms with E-state index in [-0.39, 0.29) is 17.9 Å². The number of imidazole rings is 1. The van der Waals surface area contributed by atoms with E-state index < -0.39 is 0 Å². The third-order valence-corrected chi connectivity index (χ3v) is 5.01. The summed E-state index contributed by atoms with van der Waals surface area (Å²) >= 11 is 0. The van der Waals surface area contributed by atoms with Gasteiger partial charge in [-0.05, 0) is 31.0 Å². The van der Waals surface area contributed by atoms with Crippen molar-refractivity contribution in [2.75, 3.05) is 26.7 Å². The summed E-state index contributed by atoms with van der Waals surface area (Å²) in [5, 5.41) is 0. The second kappa shape index (κ2) is 5.77. The van der Waals surface area contributed by atoms with Crippen molar-refractivity contribution < 1.29 is 4.79 Å². The van der Waals surface area contributed by atoms with E-state index in [2.05, 4.69) is 33.0 Å². The van der Waals surface area contributed by atoms with Crippen molar-refractivity contribution in [2.45, 2.75) is 18.4 Å². The van der Waals surface area contributed by atoms with Crippen LogP contribution in [-0.2, 0) is 4.79 Å². The molecule has 2 aliphatic rings. The Morgan fingerprint density at radius 2 is 2.26 bits per heavy atom. The highest BCUT2D eigenvalue weighted by atomic mass is 16.2. The van der Waals surface area contributed by atoms with E-state index in [0.29, 0.717) is 12.5 Å². The number of piperazine rings is 1. The topological polar surface area (TPSA) is 65.1 Å². The SMILES string of the molecule is CN1CCN(C(=O)[C@@H]2C[C@@H]2c2cccnc2)C[C@H]1c1ncc[nH]1. The Morgan fingerprint density at radius 3 is 3.00 bits per heavy atom. The zero-order chi connectivity index (χ0) is 15.8. The van der Waals surface area contributed by atoms with Gasteiger partial charge in [-0.25, -0.2) is 4.98 Å². The molecule has 2 aromatic heterocycles. The van der Waals surface area contributed by atoms with Gasteiger partial charge >= 0.3 is 0 Å². The number of aromatic amines is 1. The van der Waals surface area contributed by atoms with Crippen molar-refractivity contribution >= 4 is 5.91 Å². The van der Waals surface area contributed by atoms with E-state index in [0.717, 1.165) is 25.3 Å². The van der Waals surface area contributed by atoms with Crippen molar-refractivity contribution in [2.24, 2.45) is 5.92 Å². The van der Waals surface area contributed by atoms with E-state index >= 15 is 0 Å². The molecule has 1 saturated heterocycles. The van der Waals surface area contributed by atoms with Gasteiger partial charge in [0, 0.05) is 50.3 Å². The predicted molar refractivity (Wildman–Crippen MR) is 85.6 cm³/mol. The number of H-pyrrole nitrogens is 1. The molecule has 0 bridgehead atoms. The number of nitrogens with zero attached hydrogens (tertiary/aromatic N) is 4. The summed E-state index contributed by atoms with van der Waals surface area (Å²) in [5.41, 5.74) is 1.18. The lowest BCUT2D eigenvalue weighted by Crippen LogP contribution is -2.49. The minimum atomic E-state index is 0.125. The van der Waals surface area contributed by atoms with Gasteiger partial charge in [0.15, 0.2) is 0 Å². The van der Waals surface area contributed by atoms with E-state index in [4.69, 9.17) is 0 Å². The van der Waals surface area contributed by atoms with Gasteiger partial charge in [-0.2, -0.15) is 0 Å². The van der Waals surface area contributed by atoms with Gasteiger partial charge < -0.3 is 9.88 Å². The van der Waals surface area contributed by atoms with Crippen LogP contribution in [0.5, 0.6) is 0 Å². The molecule has 0 unspecified atom stereocenters. The zero-order valence-electron chi connectivity index (χ0n) is 13.2. The highest BCUT2D eigenvalue weighted by Gasteiger charge is 2.47. The maximum Gasteiger partial charge on any atom is 0.226 e. The molecule has 120 valence electrons. The van der Waals surface area contributed by atoms with Gasteiger partial charge in [0.25, 0.3) is 0 Å². The minimum Gasteiger partial charge on any atom is -0.347 e. The summed E-state index contributed by atoms with van der Waals surface area (Å²) in [5.74, 6) is 1.69. The molecule has 6 nitrogen and oxygen atoms in total. The van der Waals surface area contributed by atoms with Gasteiger partial charge in [0.05, 0.1) is 6.04 Å². The number of amides is 1. The first-order valence-electron chi connectivity index (χ1n) is 8.12. The van der Waals surface area contributed by atoms with Crippen molar-refractivity contribution in [1.29, 1.82) is 0 Å². The van der Waals surface area contributed by atoms with Crippen LogP contribution in [0.2, 0.25) is 0 Å². The molecular formula is C17H21N5O. The van der Waals surface area contributed by atoms with Crippen LogP contribution in [0.15, 0.2) is 36.9 Å². The van der Waals surface area contributed by atoms with Gasteiger partial charge in [-0.3, -0.25) is 14.7 Å². The Hall–Kier alpha value is -2.21. The Balaban J connectivity index is 1.43. The van der Waals surface area contributed by atoms with Gasteiger partial charge in [-0.15, -0.1) is 0 Å². The molecular weight excluding hydrogens is 290 g/mol. The van der Waals surface area contributed by atoms with Crippen LogP contribution in [0.1, 0.15) is 29.8 Å². The molecule has 1 amide bonds. The molecule has 3 heterocycles. The first-order valence-corrected chi connectivity index (χ1v) is 8.12. The molecule has 1 saturated carbocycles. The standard InChI is InChI=1S/C17H21N5O/c1-21-7-8-22(11-15(21)16-19-5-6-20-16)17(23)14-9-13(14)12-3-2-4-18-10-12/h2-6,10,13-15H,7-9,11H2,1H3,(H,19,20)/t13-,14-,15+/m1/s1. The van der Waals surface area contributed by atoms with E-state index in [9.17, 15) is 4.79 Å². The first-order chi connectivity index (χ1) is 11.2. The summed E-state index contributed by atoms with van der Waals surface area (Å²) in [6, 6.07) is 4.16. The largest absolute Gasteiger partial charge is 0.347 e. The third kappa shape index (κ3) is 2.74. The Labute approximate surface area is 135 Å². The second-order valence-electron chi connectivity index (χ2n) is 6.49. The highest BCUT2D eigenvalue weighted by Crippen LogP contribution is 2.48. The van der Waals surface area contributed by atoms with Crippen LogP contribution >= 0.6 is 0 Å². The molecule has 0 radical (unpaired) electrons. The monoisotopic (exact) mass is 311 g/mol. The number of carbonyl (C=O) groups is 1. The molecule has 4 rings (SSSR count). The zero-order valence-corrected chi connectivity index (χ0v) is 13.2. The molecule has 6 heteroatoms. The van der Waals surface area contributed by atoms with Crippen LogP contribution in [0.3, 0.4) is 0 Å². The summed E-state index contributed by atoms with van der Waals surface area (Å²) in [6.07, 6.45) is 8.21. The molecule has 1 aliphatic heterocycles. The normalized spacial score (nSPS) is 27.9. The van der Waals surface area contributed by atoms with Gasteiger partial charge in [0.2, 0.25) is 5.91 Å². The van der Waals surface area contributed by atoms with Crippen LogP contribution in [0.4, 0.5) is 0 Å². The lowest BCUT2D eigenvalue weighted by Gasteiger charge is -2.38. The van der Waals surface area contributed by atoms with Crippen molar-refractivity contribution in [1.82, 2.24) is 24.8 Å². The molecule has 2 fully saturated rings. The molecule has 1 N–H and O–H groups in total. The minimum absolute atomic E-state index is 0.125. The molecule has 23 heavy (non-hydrogen) atoms. The van der Waals surface area contributed by atoms with E-state index in [1.807, 2.05) is 23.4 Å². The van der Waals surface area contributed by atoms with Crippen molar-refractivity contribution in [3.63, 3.8) is 0 Å². The number of aromatic nitrogens is 3. The molecule has 0 aromatic carbocycles. The molecule has 3 atom stereocenters. The summed E-state index contributed by atoms with van der Waals surface area (Å²) in [6.45, 7) is 2.38. The number of carbonyl (C=O) groups excluding carboxylic acids is 1. The number of hydrogen-bond acceptors (Lipinski definition) is 4. The Kier molecular flexibility index (Phi) is 3.61. The number of hydrogen-bond donors (Lipinski definition) is 1. The molecule has 2 aromatic rings. The van der Waals surface area contributed by atoms with Crippen LogP contribution in [0, 0.1) is 5.92 Å². The smallest absolute Gasteiger partial charge is 0.226 e. The lowest BCUT2D eigenvalue weighted by atomic mass is 10.1. The number of likely N-dealkylation sites (N-methyl/N-ethyl adjacent to an activating group) is 1. The van der Waals surface area contributed by atoms with Crippen molar-refractivity contribution in [3.8, 4) is 0 Å². The Morgan fingerprint density at radius 1 is 1.35 bits per heavy atom. The quantitative estimate of drug-likeness (QED) is 0.931. The highest BCUT2D eigenvalue weighted by molar-refractivity contribution is 5.83. The second-order valence-corrected chi connectivity index (χ2v) is 6.49. The molecule has 1 aliphatic carbocycles. The predicted octanol–water partition coefficient (Wildman–Crippen LogP) is 1.42. The van der Waals surface area contributed by atoms with Crippen LogP contribution in [0.25, 0.3) is 0 Å². The summed E-state index contributed by atoms with van der Waals surface area (Å²) < 4.78 is 0. The van der Waals surface area contributed by atoms with E-state index in [1.165, 1.54) is 5.56 Å². The first kappa shape index (κ1) is 14.4. The maximum absolute atomic E-state index is 12.8. The number of rotatable bonds is 3.